The molecule has 2 unspecified atom stereocenters. The quantitative estimate of drug-likeness (QED) is 0.843. The molecule has 19 heavy (non-hydrogen) atoms. The third-order valence-corrected chi connectivity index (χ3v) is 5.23. The smallest absolute Gasteiger partial charge is 0.225 e. The summed E-state index contributed by atoms with van der Waals surface area (Å²) >= 11 is 5.83. The van der Waals surface area contributed by atoms with Gasteiger partial charge in [-0.3, -0.25) is 0 Å². The van der Waals surface area contributed by atoms with Crippen LogP contribution in [0.4, 0.5) is 5.95 Å². The Kier molecular flexibility index (Phi) is 3.92. The molecule has 1 aromatic rings. The van der Waals surface area contributed by atoms with E-state index in [1.54, 1.807) is 12.4 Å². The molecule has 2 heterocycles. The lowest BCUT2D eigenvalue weighted by Gasteiger charge is -2.45. The zero-order valence-electron chi connectivity index (χ0n) is 11.6. The molecule has 2 atom stereocenters. The number of anilines is 1. The monoisotopic (exact) mass is 279 g/mol. The lowest BCUT2D eigenvalue weighted by Crippen LogP contribution is -2.41. The number of hydrogen-bond acceptors (Lipinski definition) is 3. The lowest BCUT2D eigenvalue weighted by molar-refractivity contribution is 0.0842. The summed E-state index contributed by atoms with van der Waals surface area (Å²) in [5.74, 6) is 3.77. The summed E-state index contributed by atoms with van der Waals surface area (Å²) < 4.78 is 0. The second kappa shape index (κ2) is 5.66. The van der Waals surface area contributed by atoms with Crippen molar-refractivity contribution in [3.8, 4) is 0 Å². The minimum Gasteiger partial charge on any atom is -0.341 e. The maximum Gasteiger partial charge on any atom is 0.225 e. The molecule has 2 fully saturated rings. The Labute approximate surface area is 120 Å². The van der Waals surface area contributed by atoms with Crippen molar-refractivity contribution in [3.63, 3.8) is 0 Å². The molecule has 0 aromatic carbocycles. The van der Waals surface area contributed by atoms with E-state index >= 15 is 0 Å². The van der Waals surface area contributed by atoms with E-state index in [0.29, 0.717) is 5.02 Å². The summed E-state index contributed by atoms with van der Waals surface area (Å²) in [5, 5.41) is 0.610. The van der Waals surface area contributed by atoms with E-state index in [0.717, 1.165) is 36.8 Å². The van der Waals surface area contributed by atoms with Crippen molar-refractivity contribution in [2.75, 3.05) is 18.0 Å². The van der Waals surface area contributed by atoms with Crippen LogP contribution in [0.2, 0.25) is 5.02 Å². The zero-order chi connectivity index (χ0) is 13.2. The molecule has 0 bridgehead atoms. The van der Waals surface area contributed by atoms with Crippen LogP contribution in [0.1, 0.15) is 39.0 Å². The van der Waals surface area contributed by atoms with Crippen molar-refractivity contribution >= 4 is 17.5 Å². The van der Waals surface area contributed by atoms with Gasteiger partial charge in [0.05, 0.1) is 17.4 Å². The van der Waals surface area contributed by atoms with Gasteiger partial charge in [-0.05, 0) is 43.4 Å². The molecule has 104 valence electrons. The number of nitrogens with zero attached hydrogens (tertiary/aromatic N) is 3. The summed E-state index contributed by atoms with van der Waals surface area (Å²) in [6, 6.07) is 0. The third kappa shape index (κ3) is 2.71. The number of rotatable bonds is 3. The highest BCUT2D eigenvalue weighted by molar-refractivity contribution is 6.30. The summed E-state index contributed by atoms with van der Waals surface area (Å²) in [5.41, 5.74) is 0. The van der Waals surface area contributed by atoms with Gasteiger partial charge in [0.25, 0.3) is 0 Å². The molecule has 1 saturated heterocycles. The number of piperidine rings is 1. The molecule has 3 nitrogen and oxygen atoms in total. The molecule has 3 rings (SSSR count). The minimum atomic E-state index is 0.610. The summed E-state index contributed by atoms with van der Waals surface area (Å²) in [4.78, 5) is 10.9. The van der Waals surface area contributed by atoms with Gasteiger partial charge in [-0.15, -0.1) is 0 Å². The van der Waals surface area contributed by atoms with Crippen molar-refractivity contribution in [1.29, 1.82) is 0 Å². The first kappa shape index (κ1) is 13.2. The number of halogens is 1. The van der Waals surface area contributed by atoms with Crippen LogP contribution < -0.4 is 4.90 Å². The van der Waals surface area contributed by atoms with Crippen molar-refractivity contribution < 1.29 is 0 Å². The van der Waals surface area contributed by atoms with E-state index in [9.17, 15) is 0 Å². The SMILES string of the molecule is CCC1CCC1C1CCN(c2ncc(Cl)cn2)CC1. The van der Waals surface area contributed by atoms with Gasteiger partial charge >= 0.3 is 0 Å². The predicted octanol–water partition coefficient (Wildman–Crippen LogP) is 3.78. The lowest BCUT2D eigenvalue weighted by atomic mass is 9.64. The highest BCUT2D eigenvalue weighted by atomic mass is 35.5. The van der Waals surface area contributed by atoms with Crippen LogP contribution in [0.5, 0.6) is 0 Å². The van der Waals surface area contributed by atoms with Crippen LogP contribution in [0.15, 0.2) is 12.4 Å². The molecule has 0 N–H and O–H groups in total. The van der Waals surface area contributed by atoms with E-state index in [-0.39, 0.29) is 0 Å². The third-order valence-electron chi connectivity index (χ3n) is 5.04. The van der Waals surface area contributed by atoms with Gasteiger partial charge in [0.1, 0.15) is 0 Å². The van der Waals surface area contributed by atoms with E-state index in [2.05, 4.69) is 21.8 Å². The maximum atomic E-state index is 5.83. The second-order valence-electron chi connectivity index (χ2n) is 5.94. The molecule has 0 amide bonds. The fourth-order valence-corrected chi connectivity index (χ4v) is 3.82. The Morgan fingerprint density at radius 3 is 2.37 bits per heavy atom. The van der Waals surface area contributed by atoms with Crippen molar-refractivity contribution in [1.82, 2.24) is 9.97 Å². The van der Waals surface area contributed by atoms with Gasteiger partial charge in [0.15, 0.2) is 0 Å². The highest BCUT2D eigenvalue weighted by Gasteiger charge is 2.37. The van der Waals surface area contributed by atoms with Gasteiger partial charge in [0, 0.05) is 13.1 Å². The topological polar surface area (TPSA) is 29.0 Å². The molecule has 1 aliphatic heterocycles. The zero-order valence-corrected chi connectivity index (χ0v) is 12.3. The summed E-state index contributed by atoms with van der Waals surface area (Å²) in [6.45, 7) is 4.53. The van der Waals surface area contributed by atoms with Gasteiger partial charge in [-0.2, -0.15) is 0 Å². The van der Waals surface area contributed by atoms with Crippen molar-refractivity contribution in [2.24, 2.45) is 17.8 Å². The Morgan fingerprint density at radius 1 is 1.16 bits per heavy atom. The Bertz CT molecular complexity index is 410. The van der Waals surface area contributed by atoms with Crippen molar-refractivity contribution in [3.05, 3.63) is 17.4 Å². The first-order valence-corrected chi connectivity index (χ1v) is 7.88. The fourth-order valence-electron chi connectivity index (χ4n) is 3.72. The molecule has 0 radical (unpaired) electrons. The number of aromatic nitrogens is 2. The second-order valence-corrected chi connectivity index (χ2v) is 6.37. The van der Waals surface area contributed by atoms with Crippen LogP contribution in [0.3, 0.4) is 0 Å². The van der Waals surface area contributed by atoms with Gasteiger partial charge in [0.2, 0.25) is 5.95 Å². The van der Waals surface area contributed by atoms with E-state index in [4.69, 9.17) is 11.6 Å². The molecule has 1 aliphatic carbocycles. The van der Waals surface area contributed by atoms with Crippen molar-refractivity contribution in [2.45, 2.75) is 39.0 Å². The number of hydrogen-bond donors (Lipinski definition) is 0. The molecule has 0 spiro atoms. The summed E-state index contributed by atoms with van der Waals surface area (Å²) in [6.07, 6.45) is 10.3. The molecule has 1 saturated carbocycles. The van der Waals surface area contributed by atoms with Crippen LogP contribution in [0.25, 0.3) is 0 Å². The van der Waals surface area contributed by atoms with Crippen LogP contribution in [-0.4, -0.2) is 23.1 Å². The van der Waals surface area contributed by atoms with Gasteiger partial charge < -0.3 is 4.90 Å². The average molecular weight is 280 g/mol. The predicted molar refractivity (Wildman–Crippen MR) is 78.5 cm³/mol. The van der Waals surface area contributed by atoms with E-state index in [1.165, 1.54) is 32.1 Å². The highest BCUT2D eigenvalue weighted by Crippen LogP contribution is 2.45. The molecule has 4 heteroatoms. The average Bonchev–Trinajstić information content (AvgIpc) is 2.40. The van der Waals surface area contributed by atoms with Crippen LogP contribution in [-0.2, 0) is 0 Å². The first-order valence-electron chi connectivity index (χ1n) is 7.50. The molecular weight excluding hydrogens is 258 g/mol. The largest absolute Gasteiger partial charge is 0.341 e. The normalized spacial score (nSPS) is 28.2. The van der Waals surface area contributed by atoms with Gasteiger partial charge in [-0.25, -0.2) is 9.97 Å². The molecule has 2 aliphatic rings. The minimum absolute atomic E-state index is 0.610. The first-order chi connectivity index (χ1) is 9.28. The Morgan fingerprint density at radius 2 is 1.84 bits per heavy atom. The van der Waals surface area contributed by atoms with Crippen LogP contribution in [0, 0.1) is 17.8 Å². The fraction of sp³-hybridized carbons (Fsp3) is 0.733. The van der Waals surface area contributed by atoms with E-state index in [1.807, 2.05) is 0 Å². The Balaban J connectivity index is 1.56. The van der Waals surface area contributed by atoms with Crippen LogP contribution >= 0.6 is 11.6 Å². The standard InChI is InChI=1S/C15H22ClN3/c1-2-11-3-4-14(11)12-5-7-19(8-6-12)15-17-9-13(16)10-18-15/h9-12,14H,2-8H2,1H3. The van der Waals surface area contributed by atoms with E-state index < -0.39 is 0 Å². The molecule has 1 aromatic heterocycles. The summed E-state index contributed by atoms with van der Waals surface area (Å²) in [7, 11) is 0. The molecular formula is C15H22ClN3. The maximum absolute atomic E-state index is 5.83. The van der Waals surface area contributed by atoms with Gasteiger partial charge in [-0.1, -0.05) is 24.9 Å². The Hall–Kier alpha value is -0.830.